The molecule has 0 aliphatic heterocycles. The van der Waals surface area contributed by atoms with Gasteiger partial charge in [0.2, 0.25) is 0 Å². The third kappa shape index (κ3) is 2.98. The van der Waals surface area contributed by atoms with E-state index in [0.717, 1.165) is 0 Å². The van der Waals surface area contributed by atoms with E-state index in [0.29, 0.717) is 0 Å². The van der Waals surface area contributed by atoms with E-state index in [1.807, 2.05) is 0 Å². The van der Waals surface area contributed by atoms with Crippen LogP contribution in [0.5, 0.6) is 0 Å². The quantitative estimate of drug-likeness (QED) is 0.364. The molecule has 0 bridgehead atoms. The molecule has 0 unspecified atom stereocenters. The van der Waals surface area contributed by atoms with Crippen LogP contribution in [0.15, 0.2) is 17.0 Å². The van der Waals surface area contributed by atoms with Crippen molar-refractivity contribution >= 4 is 21.6 Å². The zero-order chi connectivity index (χ0) is 15.9. The van der Waals surface area contributed by atoms with Gasteiger partial charge >= 0.3 is 22.1 Å². The molecule has 0 saturated carbocycles. The summed E-state index contributed by atoms with van der Waals surface area (Å²) < 4.78 is 71.9. The molecule has 0 fully saturated rings. The highest BCUT2D eigenvalue weighted by Crippen LogP contribution is 2.42. The van der Waals surface area contributed by atoms with Crippen molar-refractivity contribution in [1.29, 1.82) is 0 Å². The zero-order valence-electron chi connectivity index (χ0n) is 8.92. The van der Waals surface area contributed by atoms with E-state index in [-0.39, 0.29) is 12.1 Å². The number of hydrogen-bond donors (Lipinski definition) is 0. The maximum atomic E-state index is 12.8. The molecule has 0 amide bonds. The fraction of sp³-hybridized carbons (Fsp3) is 0.143. The number of benzene rings is 1. The number of nitro groups is 2. The topological polar surface area (TPSA) is 120 Å². The SMILES string of the molecule is O=[N+]([O-])c1cc(C(F)(F)F)c([N+](=O)[O-])c(S(=O)(=O)F)c1. The summed E-state index contributed by atoms with van der Waals surface area (Å²) in [5, 5.41) is 20.9. The monoisotopic (exact) mass is 318 g/mol. The minimum atomic E-state index is -5.96. The van der Waals surface area contributed by atoms with Gasteiger partial charge in [-0.1, -0.05) is 0 Å². The molecule has 110 valence electrons. The molecule has 0 atom stereocenters. The molecule has 13 heteroatoms. The summed E-state index contributed by atoms with van der Waals surface area (Å²) in [4.78, 5) is 15.7. The van der Waals surface area contributed by atoms with Crippen LogP contribution in [0.1, 0.15) is 5.56 Å². The fourth-order valence-corrected chi connectivity index (χ4v) is 1.97. The third-order valence-electron chi connectivity index (χ3n) is 2.02. The summed E-state index contributed by atoms with van der Waals surface area (Å²) in [5.41, 5.74) is -5.78. The van der Waals surface area contributed by atoms with Gasteiger partial charge in [0.05, 0.1) is 9.85 Å². The molecule has 0 N–H and O–H groups in total. The Morgan fingerprint density at radius 2 is 1.55 bits per heavy atom. The van der Waals surface area contributed by atoms with Crippen molar-refractivity contribution in [2.24, 2.45) is 0 Å². The van der Waals surface area contributed by atoms with Gasteiger partial charge in [-0.05, 0) is 0 Å². The molecule has 0 aliphatic carbocycles. The molecule has 8 nitrogen and oxygen atoms in total. The molecule has 0 radical (unpaired) electrons. The van der Waals surface area contributed by atoms with E-state index in [1.165, 1.54) is 0 Å². The van der Waals surface area contributed by atoms with Crippen LogP contribution in [0.4, 0.5) is 28.4 Å². The predicted molar refractivity (Wildman–Crippen MR) is 53.0 cm³/mol. The molecule has 0 spiro atoms. The van der Waals surface area contributed by atoms with Gasteiger partial charge in [0.1, 0.15) is 5.56 Å². The van der Waals surface area contributed by atoms with Crippen molar-refractivity contribution in [1.82, 2.24) is 0 Å². The number of hydrogen-bond acceptors (Lipinski definition) is 6. The van der Waals surface area contributed by atoms with Crippen LogP contribution in [0.2, 0.25) is 0 Å². The van der Waals surface area contributed by atoms with Crippen molar-refractivity contribution in [3.05, 3.63) is 37.9 Å². The molecule has 1 aromatic carbocycles. The van der Waals surface area contributed by atoms with E-state index in [2.05, 4.69) is 0 Å². The zero-order valence-corrected chi connectivity index (χ0v) is 9.74. The summed E-state index contributed by atoms with van der Waals surface area (Å²) in [5.74, 6) is 0. The summed E-state index contributed by atoms with van der Waals surface area (Å²) in [6.45, 7) is 0. The summed E-state index contributed by atoms with van der Waals surface area (Å²) >= 11 is 0. The lowest BCUT2D eigenvalue weighted by molar-refractivity contribution is -0.394. The van der Waals surface area contributed by atoms with Gasteiger partial charge in [-0.2, -0.15) is 21.6 Å². The van der Waals surface area contributed by atoms with Gasteiger partial charge < -0.3 is 0 Å². The maximum absolute atomic E-state index is 12.8. The lowest BCUT2D eigenvalue weighted by atomic mass is 10.1. The Bertz CT molecular complexity index is 698. The van der Waals surface area contributed by atoms with Gasteiger partial charge in [0.15, 0.2) is 4.90 Å². The third-order valence-corrected chi connectivity index (χ3v) is 2.86. The van der Waals surface area contributed by atoms with Gasteiger partial charge in [-0.3, -0.25) is 20.2 Å². The minimum Gasteiger partial charge on any atom is -0.258 e. The van der Waals surface area contributed by atoms with Gasteiger partial charge in [0.25, 0.3) is 5.69 Å². The average molecular weight is 318 g/mol. The highest BCUT2D eigenvalue weighted by atomic mass is 32.3. The second-order valence-corrected chi connectivity index (χ2v) is 4.61. The summed E-state index contributed by atoms with van der Waals surface area (Å²) in [6, 6.07) is -0.393. The molecular formula is C7H2F4N2O6S. The fourth-order valence-electron chi connectivity index (χ4n) is 1.29. The van der Waals surface area contributed by atoms with Gasteiger partial charge in [-0.25, -0.2) is 0 Å². The highest BCUT2D eigenvalue weighted by molar-refractivity contribution is 7.86. The Balaban J connectivity index is 3.97. The highest BCUT2D eigenvalue weighted by Gasteiger charge is 2.44. The Morgan fingerprint density at radius 3 is 1.85 bits per heavy atom. The number of halogens is 4. The number of alkyl halides is 3. The molecule has 0 aromatic heterocycles. The second kappa shape index (κ2) is 4.66. The van der Waals surface area contributed by atoms with E-state index >= 15 is 0 Å². The van der Waals surface area contributed by atoms with Crippen molar-refractivity contribution in [2.45, 2.75) is 11.1 Å². The largest absolute Gasteiger partial charge is 0.423 e. The van der Waals surface area contributed by atoms with Gasteiger partial charge in [-0.15, -0.1) is 3.89 Å². The molecule has 0 saturated heterocycles. The van der Waals surface area contributed by atoms with Crippen LogP contribution in [0.25, 0.3) is 0 Å². The van der Waals surface area contributed by atoms with E-state index in [1.54, 1.807) is 0 Å². The number of rotatable bonds is 3. The van der Waals surface area contributed by atoms with Crippen molar-refractivity contribution < 1.29 is 35.3 Å². The smallest absolute Gasteiger partial charge is 0.258 e. The number of nitrogens with zero attached hydrogens (tertiary/aromatic N) is 2. The normalized spacial score (nSPS) is 12.2. The summed E-state index contributed by atoms with van der Waals surface area (Å²) in [7, 11) is -5.96. The standard InChI is InChI=1S/C7H2F4N2O6S/c8-7(9,10)4-1-3(12(14)15)2-5(20(11,18)19)6(4)13(16)17/h1-2H. The number of non-ortho nitro benzene ring substituents is 1. The van der Waals surface area contributed by atoms with E-state index < -0.39 is 48.1 Å². The van der Waals surface area contributed by atoms with Crippen LogP contribution in [-0.4, -0.2) is 18.3 Å². The first-order valence-electron chi connectivity index (χ1n) is 4.34. The minimum absolute atomic E-state index is 0.150. The first-order chi connectivity index (χ1) is 8.85. The van der Waals surface area contributed by atoms with Crippen LogP contribution < -0.4 is 0 Å². The lowest BCUT2D eigenvalue weighted by Crippen LogP contribution is -2.13. The van der Waals surface area contributed by atoms with Crippen LogP contribution in [0.3, 0.4) is 0 Å². The first-order valence-corrected chi connectivity index (χ1v) is 5.72. The second-order valence-electron chi connectivity index (χ2n) is 3.29. The van der Waals surface area contributed by atoms with Gasteiger partial charge in [0, 0.05) is 12.1 Å². The summed E-state index contributed by atoms with van der Waals surface area (Å²) in [6.07, 6.45) is -5.48. The lowest BCUT2D eigenvalue weighted by Gasteiger charge is -2.09. The maximum Gasteiger partial charge on any atom is 0.423 e. The Morgan fingerprint density at radius 1 is 1.05 bits per heavy atom. The number of nitro benzene ring substituents is 2. The Hall–Kier alpha value is -2.31. The molecule has 1 rings (SSSR count). The van der Waals surface area contributed by atoms with Crippen LogP contribution >= 0.6 is 0 Å². The van der Waals surface area contributed by atoms with Crippen molar-refractivity contribution in [3.63, 3.8) is 0 Å². The van der Waals surface area contributed by atoms with Crippen LogP contribution in [0, 0.1) is 20.2 Å². The van der Waals surface area contributed by atoms with Crippen LogP contribution in [-0.2, 0) is 16.4 Å². The van der Waals surface area contributed by atoms with Crippen molar-refractivity contribution in [2.75, 3.05) is 0 Å². The predicted octanol–water partition coefficient (Wildman–Crippen LogP) is 2.18. The molecule has 20 heavy (non-hydrogen) atoms. The van der Waals surface area contributed by atoms with Crippen molar-refractivity contribution in [3.8, 4) is 0 Å². The Kier molecular flexibility index (Phi) is 3.67. The first kappa shape index (κ1) is 15.7. The molecule has 0 aliphatic rings. The average Bonchev–Trinajstić information content (AvgIpc) is 2.24. The molecule has 0 heterocycles. The molecule has 1 aromatic rings. The van der Waals surface area contributed by atoms with E-state index in [4.69, 9.17) is 0 Å². The molecular weight excluding hydrogens is 316 g/mol. The van der Waals surface area contributed by atoms with E-state index in [9.17, 15) is 45.7 Å². The Labute approximate surface area is 107 Å².